The minimum absolute atomic E-state index is 0.00206. The number of carboxylic acid groups (broad SMARTS) is 1. The summed E-state index contributed by atoms with van der Waals surface area (Å²) < 4.78 is 23.3. The second-order valence-electron chi connectivity index (χ2n) is 13.5. The molecule has 0 fully saturated rings. The maximum atomic E-state index is 13.7. The first-order chi connectivity index (χ1) is 24.8. The third kappa shape index (κ3) is 6.72. The Morgan fingerprint density at radius 3 is 1.72 bits per heavy atom. The van der Waals surface area contributed by atoms with Crippen molar-refractivity contribution < 1.29 is 53.4 Å². The van der Waals surface area contributed by atoms with Crippen LogP contribution in [0.3, 0.4) is 0 Å². The number of aromatic carboxylic acids is 1. The van der Waals surface area contributed by atoms with Crippen LogP contribution in [0, 0.1) is 69.2 Å². The van der Waals surface area contributed by atoms with Crippen LogP contribution in [0.1, 0.15) is 109 Å². The fourth-order valence-corrected chi connectivity index (χ4v) is 7.41. The Morgan fingerprint density at radius 1 is 0.623 bits per heavy atom. The molecular formula is C41H41BrO11. The number of carbonyl (C=O) groups is 4. The van der Waals surface area contributed by atoms with Crippen LogP contribution in [-0.2, 0) is 6.42 Å². The first-order valence-electron chi connectivity index (χ1n) is 16.9. The predicted octanol–water partition coefficient (Wildman–Crippen LogP) is 8.63. The number of benzene rings is 4. The van der Waals surface area contributed by atoms with Gasteiger partial charge in [-0.3, -0.25) is 0 Å². The maximum absolute atomic E-state index is 13.7. The molecule has 1 heterocycles. The van der Waals surface area contributed by atoms with E-state index in [1.807, 2.05) is 0 Å². The molecule has 1 aliphatic heterocycles. The van der Waals surface area contributed by atoms with Crippen LogP contribution in [0.4, 0.5) is 0 Å². The van der Waals surface area contributed by atoms with Crippen molar-refractivity contribution >= 4 is 39.8 Å². The molecular weight excluding hydrogens is 748 g/mol. The molecule has 0 spiro atoms. The summed E-state index contributed by atoms with van der Waals surface area (Å²) >= 11 is 3.31. The summed E-state index contributed by atoms with van der Waals surface area (Å²) in [4.78, 5) is 52.8. The summed E-state index contributed by atoms with van der Waals surface area (Å²) in [6.07, 6.45) is 1.23. The van der Waals surface area contributed by atoms with Crippen LogP contribution in [0.15, 0.2) is 16.6 Å². The number of esters is 3. The Bertz CT molecular complexity index is 2230. The molecule has 0 aliphatic carbocycles. The summed E-state index contributed by atoms with van der Waals surface area (Å²) in [7, 11) is 0. The van der Waals surface area contributed by atoms with E-state index in [0.717, 1.165) is 0 Å². The number of hydrogen-bond acceptors (Lipinski definition) is 10. The highest BCUT2D eigenvalue weighted by atomic mass is 79.9. The van der Waals surface area contributed by atoms with E-state index in [-0.39, 0.29) is 55.5 Å². The number of ether oxygens (including phenoxy) is 4. The van der Waals surface area contributed by atoms with Gasteiger partial charge in [0.1, 0.15) is 44.3 Å². The standard InChI is InChI=1S/C41H41BrO11/c1-16-14-27(43)26-12-11-13-50-37(26)30(16)40(48)53-36-25(10)22(7)32(34(44)33(36)42)41(49)51-28-15-17(2)29(19(4)18(28)3)39(47)52-35-23(8)20(5)31(38(45)46)21(6)24(35)9/h14-15,43-44H,11-13H2,1-10H3,(H,45,46). The minimum Gasteiger partial charge on any atom is -0.508 e. The number of carbonyl (C=O) groups excluding carboxylic acids is 3. The summed E-state index contributed by atoms with van der Waals surface area (Å²) in [6.45, 7) is 17.1. The second-order valence-corrected chi connectivity index (χ2v) is 14.3. The Hall–Kier alpha value is -5.36. The average Bonchev–Trinajstić information content (AvgIpc) is 3.09. The molecule has 3 N–H and O–H groups in total. The number of halogens is 1. The maximum Gasteiger partial charge on any atom is 0.347 e. The molecule has 0 saturated carbocycles. The lowest BCUT2D eigenvalue weighted by molar-refractivity contribution is 0.0689. The molecule has 11 nitrogen and oxygen atoms in total. The van der Waals surface area contributed by atoms with E-state index >= 15 is 0 Å². The number of aryl methyl sites for hydroxylation is 2. The van der Waals surface area contributed by atoms with Crippen LogP contribution in [0.5, 0.6) is 34.5 Å². The van der Waals surface area contributed by atoms with E-state index in [0.29, 0.717) is 80.6 Å². The van der Waals surface area contributed by atoms with Crippen molar-refractivity contribution in [2.45, 2.75) is 82.1 Å². The molecule has 5 rings (SSSR count). The van der Waals surface area contributed by atoms with Crippen molar-refractivity contribution in [2.24, 2.45) is 0 Å². The first-order valence-corrected chi connectivity index (χ1v) is 17.7. The van der Waals surface area contributed by atoms with Gasteiger partial charge in [0.15, 0.2) is 5.75 Å². The highest BCUT2D eigenvalue weighted by Gasteiger charge is 2.31. The monoisotopic (exact) mass is 788 g/mol. The fourth-order valence-electron chi connectivity index (χ4n) is 6.83. The average molecular weight is 790 g/mol. The molecule has 278 valence electrons. The molecule has 4 aromatic rings. The lowest BCUT2D eigenvalue weighted by Gasteiger charge is -2.23. The van der Waals surface area contributed by atoms with Gasteiger partial charge in [-0.05, 0) is 166 Å². The van der Waals surface area contributed by atoms with Gasteiger partial charge in [0.05, 0.1) is 17.7 Å². The Kier molecular flexibility index (Phi) is 10.7. The van der Waals surface area contributed by atoms with Gasteiger partial charge in [-0.1, -0.05) is 0 Å². The van der Waals surface area contributed by atoms with Gasteiger partial charge in [0.2, 0.25) is 0 Å². The van der Waals surface area contributed by atoms with Gasteiger partial charge >= 0.3 is 23.9 Å². The van der Waals surface area contributed by atoms with Crippen molar-refractivity contribution in [1.29, 1.82) is 0 Å². The summed E-state index contributed by atoms with van der Waals surface area (Å²) in [5.74, 6) is -3.11. The number of fused-ring (bicyclic) bond motifs is 1. The third-order valence-corrected chi connectivity index (χ3v) is 11.1. The van der Waals surface area contributed by atoms with Crippen molar-refractivity contribution in [1.82, 2.24) is 0 Å². The van der Waals surface area contributed by atoms with Crippen LogP contribution in [-0.4, -0.2) is 45.8 Å². The van der Waals surface area contributed by atoms with Crippen LogP contribution >= 0.6 is 15.9 Å². The van der Waals surface area contributed by atoms with Crippen molar-refractivity contribution in [3.63, 3.8) is 0 Å². The van der Waals surface area contributed by atoms with Gasteiger partial charge < -0.3 is 34.3 Å². The topological polar surface area (TPSA) is 166 Å². The summed E-state index contributed by atoms with van der Waals surface area (Å²) in [6, 6.07) is 3.02. The molecule has 0 bridgehead atoms. The van der Waals surface area contributed by atoms with E-state index in [1.165, 1.54) is 12.1 Å². The van der Waals surface area contributed by atoms with Crippen LogP contribution in [0.25, 0.3) is 0 Å². The fraction of sp³-hybridized carbons (Fsp3) is 0.317. The molecule has 4 aromatic carbocycles. The van der Waals surface area contributed by atoms with E-state index in [9.17, 15) is 34.5 Å². The van der Waals surface area contributed by atoms with Gasteiger partial charge in [-0.15, -0.1) is 0 Å². The zero-order valence-electron chi connectivity index (χ0n) is 31.3. The number of phenols is 2. The SMILES string of the molecule is Cc1cc(OC(=O)c2c(C)c(C)c(OC(=O)c3c(C)cc(O)c4c3OCCC4)c(Br)c2O)c(C)c(C)c1C(=O)Oc1c(C)c(C)c(C(=O)O)c(C)c1C. The largest absolute Gasteiger partial charge is 0.508 e. The number of carboxylic acids is 1. The van der Waals surface area contributed by atoms with Crippen molar-refractivity contribution in [3.05, 3.63) is 100 Å². The van der Waals surface area contributed by atoms with Crippen LogP contribution < -0.4 is 18.9 Å². The van der Waals surface area contributed by atoms with Gasteiger partial charge in [-0.2, -0.15) is 0 Å². The molecule has 0 radical (unpaired) electrons. The van der Waals surface area contributed by atoms with Crippen molar-refractivity contribution in [2.75, 3.05) is 6.61 Å². The molecule has 53 heavy (non-hydrogen) atoms. The van der Waals surface area contributed by atoms with Gasteiger partial charge in [0.25, 0.3) is 0 Å². The van der Waals surface area contributed by atoms with E-state index in [2.05, 4.69) is 15.9 Å². The Balaban J connectivity index is 1.44. The molecule has 0 aromatic heterocycles. The van der Waals surface area contributed by atoms with E-state index < -0.39 is 29.6 Å². The second kappa shape index (κ2) is 14.6. The molecule has 0 unspecified atom stereocenters. The minimum atomic E-state index is -1.06. The quantitative estimate of drug-likeness (QED) is 0.121. The smallest absolute Gasteiger partial charge is 0.347 e. The molecule has 0 saturated heterocycles. The number of phenolic OH excluding ortho intramolecular Hbond substituents is 2. The van der Waals surface area contributed by atoms with E-state index in [4.69, 9.17) is 18.9 Å². The molecule has 12 heteroatoms. The normalized spacial score (nSPS) is 12.1. The lowest BCUT2D eigenvalue weighted by Crippen LogP contribution is -2.19. The van der Waals surface area contributed by atoms with E-state index in [1.54, 1.807) is 69.2 Å². The number of rotatable bonds is 7. The summed E-state index contributed by atoms with van der Waals surface area (Å²) in [5.41, 5.74) is 5.62. The lowest BCUT2D eigenvalue weighted by atomic mass is 9.93. The molecule has 0 amide bonds. The van der Waals surface area contributed by atoms with Crippen molar-refractivity contribution in [3.8, 4) is 34.5 Å². The molecule has 0 atom stereocenters. The summed E-state index contributed by atoms with van der Waals surface area (Å²) in [5, 5.41) is 31.4. The van der Waals surface area contributed by atoms with Gasteiger partial charge in [0, 0.05) is 5.56 Å². The highest BCUT2D eigenvalue weighted by molar-refractivity contribution is 9.10. The van der Waals surface area contributed by atoms with Crippen LogP contribution in [0.2, 0.25) is 0 Å². The Labute approximate surface area is 315 Å². The zero-order chi connectivity index (χ0) is 39.4. The van der Waals surface area contributed by atoms with Gasteiger partial charge in [-0.25, -0.2) is 19.2 Å². The first kappa shape index (κ1) is 38.9. The molecule has 1 aliphatic rings. The number of aromatic hydroxyl groups is 2. The predicted molar refractivity (Wildman–Crippen MR) is 200 cm³/mol. The third-order valence-electron chi connectivity index (χ3n) is 10.3. The Morgan fingerprint density at radius 2 is 1.11 bits per heavy atom. The number of hydrogen-bond donors (Lipinski definition) is 3. The highest BCUT2D eigenvalue weighted by Crippen LogP contribution is 2.45. The zero-order valence-corrected chi connectivity index (χ0v) is 32.8.